The van der Waals surface area contributed by atoms with E-state index in [9.17, 15) is 14.4 Å². The highest BCUT2D eigenvalue weighted by Crippen LogP contribution is 2.14. The van der Waals surface area contributed by atoms with Crippen LogP contribution in [0.25, 0.3) is 0 Å². The van der Waals surface area contributed by atoms with Crippen LogP contribution in [0, 0.1) is 0 Å². The lowest BCUT2D eigenvalue weighted by atomic mass is 10.2. The minimum atomic E-state index is -0.232. The molecular formula is C15H19N3O3. The molecule has 1 aromatic carbocycles. The number of nitrogen functional groups attached to an aromatic ring is 1. The molecule has 0 bridgehead atoms. The number of rotatable bonds is 4. The van der Waals surface area contributed by atoms with Crippen LogP contribution in [0.1, 0.15) is 32.1 Å². The smallest absolute Gasteiger partial charge is 0.229 e. The molecule has 1 saturated heterocycles. The second-order valence-corrected chi connectivity index (χ2v) is 5.07. The molecule has 112 valence electrons. The molecule has 3 N–H and O–H groups in total. The summed E-state index contributed by atoms with van der Waals surface area (Å²) in [6.07, 6.45) is 2.33. The van der Waals surface area contributed by atoms with Gasteiger partial charge in [-0.3, -0.25) is 19.3 Å². The molecule has 21 heavy (non-hydrogen) atoms. The summed E-state index contributed by atoms with van der Waals surface area (Å²) in [6, 6.07) is 6.79. The van der Waals surface area contributed by atoms with Crippen LogP contribution in [0.2, 0.25) is 0 Å². The van der Waals surface area contributed by atoms with Gasteiger partial charge in [0.1, 0.15) is 0 Å². The van der Waals surface area contributed by atoms with Crippen molar-refractivity contribution >= 4 is 29.1 Å². The summed E-state index contributed by atoms with van der Waals surface area (Å²) in [5.74, 6) is -0.597. The first kappa shape index (κ1) is 15.0. The number of nitrogens with one attached hydrogen (secondary N) is 1. The first-order valence-electron chi connectivity index (χ1n) is 7.05. The third kappa shape index (κ3) is 4.30. The molecule has 0 spiro atoms. The Morgan fingerprint density at radius 3 is 2.24 bits per heavy atom. The number of hydrogen-bond acceptors (Lipinski definition) is 4. The largest absolute Gasteiger partial charge is 0.399 e. The normalized spacial score (nSPS) is 15.7. The second kappa shape index (κ2) is 6.88. The minimum absolute atomic E-state index is 0.0991. The highest BCUT2D eigenvalue weighted by Gasteiger charge is 2.24. The predicted octanol–water partition coefficient (Wildman–Crippen LogP) is 1.53. The van der Waals surface area contributed by atoms with Gasteiger partial charge < -0.3 is 11.1 Å². The summed E-state index contributed by atoms with van der Waals surface area (Å²) in [6.45, 7) is 0.137. The molecule has 1 aliphatic heterocycles. The van der Waals surface area contributed by atoms with E-state index in [-0.39, 0.29) is 30.7 Å². The molecule has 0 atom stereocenters. The van der Waals surface area contributed by atoms with Crippen molar-refractivity contribution in [2.45, 2.75) is 32.1 Å². The van der Waals surface area contributed by atoms with E-state index in [4.69, 9.17) is 5.73 Å². The van der Waals surface area contributed by atoms with Crippen LogP contribution in [0.5, 0.6) is 0 Å². The summed E-state index contributed by atoms with van der Waals surface area (Å²) in [5.41, 5.74) is 6.83. The summed E-state index contributed by atoms with van der Waals surface area (Å²) < 4.78 is 0. The standard InChI is InChI=1S/C15H19N3O3/c16-11-5-7-12(8-6-11)17-13(19)9-10-18-14(20)3-1-2-4-15(18)21/h5-8H,1-4,9-10,16H2,(H,17,19). The average Bonchev–Trinajstić information content (AvgIpc) is 2.61. The first-order chi connectivity index (χ1) is 10.1. The SMILES string of the molecule is Nc1ccc(NC(=O)CCN2C(=O)CCCCC2=O)cc1. The number of hydrogen-bond donors (Lipinski definition) is 2. The second-order valence-electron chi connectivity index (χ2n) is 5.07. The van der Waals surface area contributed by atoms with Gasteiger partial charge >= 0.3 is 0 Å². The number of nitrogens with two attached hydrogens (primary N) is 1. The van der Waals surface area contributed by atoms with Gasteiger partial charge in [0.05, 0.1) is 0 Å². The van der Waals surface area contributed by atoms with Crippen LogP contribution in [0.4, 0.5) is 11.4 Å². The topological polar surface area (TPSA) is 92.5 Å². The van der Waals surface area contributed by atoms with Gasteiger partial charge in [0, 0.05) is 37.2 Å². The first-order valence-corrected chi connectivity index (χ1v) is 7.05. The molecule has 1 fully saturated rings. The molecule has 0 unspecified atom stereocenters. The van der Waals surface area contributed by atoms with Crippen LogP contribution in [-0.2, 0) is 14.4 Å². The zero-order valence-corrected chi connectivity index (χ0v) is 11.8. The molecule has 6 nitrogen and oxygen atoms in total. The summed E-state index contributed by atoms with van der Waals surface area (Å²) >= 11 is 0. The fourth-order valence-corrected chi connectivity index (χ4v) is 2.21. The summed E-state index contributed by atoms with van der Waals surface area (Å²) in [7, 11) is 0. The molecule has 1 heterocycles. The van der Waals surface area contributed by atoms with Gasteiger partial charge in [0.15, 0.2) is 0 Å². The van der Waals surface area contributed by atoms with Gasteiger partial charge in [-0.1, -0.05) is 0 Å². The lowest BCUT2D eigenvalue weighted by molar-refractivity contribution is -0.143. The number of amides is 3. The minimum Gasteiger partial charge on any atom is -0.399 e. The van der Waals surface area contributed by atoms with Gasteiger partial charge in [-0.25, -0.2) is 0 Å². The molecule has 1 aliphatic rings. The lowest BCUT2D eigenvalue weighted by Gasteiger charge is -2.18. The highest BCUT2D eigenvalue weighted by atomic mass is 16.2. The van der Waals surface area contributed by atoms with Crippen molar-refractivity contribution in [3.05, 3.63) is 24.3 Å². The van der Waals surface area contributed by atoms with Gasteiger partial charge in [-0.2, -0.15) is 0 Å². The fraction of sp³-hybridized carbons (Fsp3) is 0.400. The highest BCUT2D eigenvalue weighted by molar-refractivity contribution is 5.97. The Labute approximate surface area is 123 Å². The molecule has 0 saturated carbocycles. The van der Waals surface area contributed by atoms with Gasteiger partial charge in [-0.05, 0) is 37.1 Å². The van der Waals surface area contributed by atoms with Gasteiger partial charge in [0.2, 0.25) is 17.7 Å². The monoisotopic (exact) mass is 289 g/mol. The third-order valence-corrected chi connectivity index (χ3v) is 3.39. The molecule has 6 heteroatoms. The zero-order valence-electron chi connectivity index (χ0n) is 11.8. The Morgan fingerprint density at radius 1 is 1.10 bits per heavy atom. The molecule has 2 rings (SSSR count). The third-order valence-electron chi connectivity index (χ3n) is 3.39. The van der Waals surface area contributed by atoms with Gasteiger partial charge in [-0.15, -0.1) is 0 Å². The number of benzene rings is 1. The number of anilines is 2. The maximum Gasteiger partial charge on any atom is 0.229 e. The Kier molecular flexibility index (Phi) is 4.92. The molecular weight excluding hydrogens is 270 g/mol. The molecule has 1 aromatic rings. The Hall–Kier alpha value is -2.37. The van der Waals surface area contributed by atoms with Crippen LogP contribution in [-0.4, -0.2) is 29.2 Å². The van der Waals surface area contributed by atoms with E-state index in [1.54, 1.807) is 24.3 Å². The maximum atomic E-state index is 11.8. The van der Waals surface area contributed by atoms with Crippen LogP contribution in [0.3, 0.4) is 0 Å². The summed E-state index contributed by atoms with van der Waals surface area (Å²) in [4.78, 5) is 36.6. The van der Waals surface area contributed by atoms with E-state index in [2.05, 4.69) is 5.32 Å². The quantitative estimate of drug-likeness (QED) is 0.649. The Balaban J connectivity index is 1.86. The number of carbonyl (C=O) groups excluding carboxylic acids is 3. The van der Waals surface area contributed by atoms with Gasteiger partial charge in [0.25, 0.3) is 0 Å². The van der Waals surface area contributed by atoms with E-state index in [0.717, 1.165) is 12.8 Å². The molecule has 0 radical (unpaired) electrons. The fourth-order valence-electron chi connectivity index (χ4n) is 2.21. The zero-order chi connectivity index (χ0) is 15.2. The number of likely N-dealkylation sites (tertiary alicyclic amines) is 1. The van der Waals surface area contributed by atoms with Crippen molar-refractivity contribution in [2.24, 2.45) is 0 Å². The Morgan fingerprint density at radius 2 is 1.67 bits per heavy atom. The van der Waals surface area contributed by atoms with Crippen molar-refractivity contribution in [2.75, 3.05) is 17.6 Å². The molecule has 3 amide bonds. The predicted molar refractivity (Wildman–Crippen MR) is 79.3 cm³/mol. The number of nitrogens with zero attached hydrogens (tertiary/aromatic N) is 1. The van der Waals surface area contributed by atoms with Crippen molar-refractivity contribution in [3.63, 3.8) is 0 Å². The van der Waals surface area contributed by atoms with E-state index in [1.165, 1.54) is 4.90 Å². The van der Waals surface area contributed by atoms with Crippen molar-refractivity contribution in [1.29, 1.82) is 0 Å². The number of imide groups is 1. The molecule has 0 aliphatic carbocycles. The maximum absolute atomic E-state index is 11.8. The van der Waals surface area contributed by atoms with Crippen LogP contribution < -0.4 is 11.1 Å². The molecule has 0 aromatic heterocycles. The van der Waals surface area contributed by atoms with Crippen LogP contribution >= 0.6 is 0 Å². The summed E-state index contributed by atoms with van der Waals surface area (Å²) in [5, 5.41) is 2.71. The van der Waals surface area contributed by atoms with Crippen LogP contribution in [0.15, 0.2) is 24.3 Å². The van der Waals surface area contributed by atoms with Crippen molar-refractivity contribution < 1.29 is 14.4 Å². The van der Waals surface area contributed by atoms with E-state index >= 15 is 0 Å². The van der Waals surface area contributed by atoms with E-state index in [1.807, 2.05) is 0 Å². The van der Waals surface area contributed by atoms with Crippen molar-refractivity contribution in [3.8, 4) is 0 Å². The van der Waals surface area contributed by atoms with E-state index < -0.39 is 0 Å². The van der Waals surface area contributed by atoms with Crippen molar-refractivity contribution in [1.82, 2.24) is 4.90 Å². The lowest BCUT2D eigenvalue weighted by Crippen LogP contribution is -2.37. The average molecular weight is 289 g/mol. The Bertz CT molecular complexity index is 522. The van der Waals surface area contributed by atoms with E-state index in [0.29, 0.717) is 24.2 Å². The number of carbonyl (C=O) groups is 3.